The lowest BCUT2D eigenvalue weighted by Crippen LogP contribution is -2.45. The maximum Gasteiger partial charge on any atom is 0.191 e. The molecule has 3 rings (SSSR count). The number of nitrogens with zero attached hydrogens (tertiary/aromatic N) is 2. The summed E-state index contributed by atoms with van der Waals surface area (Å²) in [5.74, 6) is 0.171. The van der Waals surface area contributed by atoms with Crippen LogP contribution in [0.15, 0.2) is 47.5 Å². The fourth-order valence-corrected chi connectivity index (χ4v) is 3.49. The largest absolute Gasteiger partial charge is 0.497 e. The summed E-state index contributed by atoms with van der Waals surface area (Å²) in [4.78, 5) is 6.18. The number of aliphatic hydroxyl groups is 1. The highest BCUT2D eigenvalue weighted by Crippen LogP contribution is 2.26. The van der Waals surface area contributed by atoms with Gasteiger partial charge in [0, 0.05) is 25.7 Å². The molecule has 3 N–H and O–H groups in total. The van der Waals surface area contributed by atoms with Crippen LogP contribution in [-0.2, 0) is 0 Å². The molecule has 6 nitrogen and oxygen atoms in total. The highest BCUT2D eigenvalue weighted by atomic mass is 19.1. The van der Waals surface area contributed by atoms with Crippen LogP contribution in [0.5, 0.6) is 5.75 Å². The van der Waals surface area contributed by atoms with Crippen molar-refractivity contribution in [3.63, 3.8) is 0 Å². The molecule has 2 atom stereocenters. The first kappa shape index (κ1) is 21.8. The molecular weight excluding hydrogens is 390 g/mol. The molecule has 2 unspecified atom stereocenters. The predicted molar refractivity (Wildman–Crippen MR) is 114 cm³/mol. The number of ether oxygens (including phenoxy) is 1. The number of hydrogen-bond donors (Lipinski definition) is 3. The Morgan fingerprint density at radius 2 is 1.93 bits per heavy atom. The van der Waals surface area contributed by atoms with Gasteiger partial charge in [-0.3, -0.25) is 4.99 Å². The van der Waals surface area contributed by atoms with Gasteiger partial charge < -0.3 is 25.4 Å². The lowest BCUT2D eigenvalue weighted by Gasteiger charge is -2.21. The predicted octanol–water partition coefficient (Wildman–Crippen LogP) is 2.84. The van der Waals surface area contributed by atoms with E-state index in [1.165, 1.54) is 18.2 Å². The van der Waals surface area contributed by atoms with Crippen molar-refractivity contribution in [1.82, 2.24) is 10.6 Å². The number of anilines is 1. The molecule has 0 aromatic heterocycles. The first-order chi connectivity index (χ1) is 14.5. The van der Waals surface area contributed by atoms with E-state index in [1.807, 2.05) is 6.92 Å². The SMILES string of the molecule is CCNC(=NCC(O)c1ccc(OC)cc1)NC1CCN(c2c(F)cccc2F)C1. The summed E-state index contributed by atoms with van der Waals surface area (Å²) >= 11 is 0. The van der Waals surface area contributed by atoms with E-state index in [0.29, 0.717) is 25.6 Å². The third-order valence-electron chi connectivity index (χ3n) is 5.05. The highest BCUT2D eigenvalue weighted by Gasteiger charge is 2.27. The Balaban J connectivity index is 1.61. The maximum absolute atomic E-state index is 14.1. The van der Waals surface area contributed by atoms with Crippen molar-refractivity contribution >= 4 is 11.6 Å². The normalized spacial score (nSPS) is 17.7. The number of aliphatic imine (C=N–C) groups is 1. The second-order valence-corrected chi connectivity index (χ2v) is 7.15. The minimum Gasteiger partial charge on any atom is -0.497 e. The fourth-order valence-electron chi connectivity index (χ4n) is 3.49. The van der Waals surface area contributed by atoms with Crippen molar-refractivity contribution in [3.8, 4) is 5.75 Å². The van der Waals surface area contributed by atoms with Crippen LogP contribution < -0.4 is 20.3 Å². The molecule has 0 spiro atoms. The molecule has 0 amide bonds. The Morgan fingerprint density at radius 1 is 1.23 bits per heavy atom. The number of aliphatic hydroxyl groups excluding tert-OH is 1. The van der Waals surface area contributed by atoms with Crippen LogP contribution in [0.3, 0.4) is 0 Å². The van der Waals surface area contributed by atoms with Crippen molar-refractivity contribution in [1.29, 1.82) is 0 Å². The minimum absolute atomic E-state index is 0.0127. The van der Waals surface area contributed by atoms with Crippen molar-refractivity contribution < 1.29 is 18.6 Å². The molecule has 1 saturated heterocycles. The molecule has 0 radical (unpaired) electrons. The van der Waals surface area contributed by atoms with Crippen LogP contribution in [0, 0.1) is 11.6 Å². The van der Waals surface area contributed by atoms with Crippen LogP contribution >= 0.6 is 0 Å². The van der Waals surface area contributed by atoms with E-state index in [9.17, 15) is 13.9 Å². The summed E-state index contributed by atoms with van der Waals surface area (Å²) in [7, 11) is 1.59. The monoisotopic (exact) mass is 418 g/mol. The maximum atomic E-state index is 14.1. The number of para-hydroxylation sites is 1. The molecule has 1 fully saturated rings. The standard InChI is InChI=1S/C22H28F2N4O2/c1-3-25-22(26-13-20(29)15-7-9-17(30-2)10-8-15)27-16-11-12-28(14-16)21-18(23)5-4-6-19(21)24/h4-10,16,20,29H,3,11-14H2,1-2H3,(H2,25,26,27). The zero-order valence-corrected chi connectivity index (χ0v) is 17.2. The van der Waals surface area contributed by atoms with Crippen LogP contribution in [0.2, 0.25) is 0 Å². The van der Waals surface area contributed by atoms with E-state index < -0.39 is 17.7 Å². The average molecular weight is 418 g/mol. The minimum atomic E-state index is -0.751. The molecule has 2 aromatic carbocycles. The number of rotatable bonds is 7. The van der Waals surface area contributed by atoms with Crippen molar-refractivity contribution in [2.75, 3.05) is 38.2 Å². The summed E-state index contributed by atoms with van der Waals surface area (Å²) in [5, 5.41) is 16.9. The Kier molecular flexibility index (Phi) is 7.46. The van der Waals surface area contributed by atoms with E-state index in [4.69, 9.17) is 4.74 Å². The lowest BCUT2D eigenvalue weighted by atomic mass is 10.1. The number of nitrogens with one attached hydrogen (secondary N) is 2. The molecule has 162 valence electrons. The number of methoxy groups -OCH3 is 1. The van der Waals surface area contributed by atoms with Gasteiger partial charge in [-0.2, -0.15) is 0 Å². The van der Waals surface area contributed by atoms with Crippen LogP contribution in [0.4, 0.5) is 14.5 Å². The lowest BCUT2D eigenvalue weighted by molar-refractivity contribution is 0.187. The molecule has 1 heterocycles. The van der Waals surface area contributed by atoms with Gasteiger partial charge in [-0.25, -0.2) is 8.78 Å². The van der Waals surface area contributed by atoms with Gasteiger partial charge in [0.25, 0.3) is 0 Å². The van der Waals surface area contributed by atoms with E-state index in [2.05, 4.69) is 15.6 Å². The van der Waals surface area contributed by atoms with Crippen LogP contribution in [0.1, 0.15) is 25.0 Å². The van der Waals surface area contributed by atoms with Crippen LogP contribution in [-0.4, -0.2) is 50.4 Å². The highest BCUT2D eigenvalue weighted by molar-refractivity contribution is 5.80. The number of benzene rings is 2. The summed E-state index contributed by atoms with van der Waals surface area (Å²) in [6.45, 7) is 3.79. The first-order valence-electron chi connectivity index (χ1n) is 10.1. The van der Waals surface area contributed by atoms with E-state index in [1.54, 1.807) is 36.3 Å². The van der Waals surface area contributed by atoms with Crippen molar-refractivity contribution in [2.24, 2.45) is 4.99 Å². The Labute approximate surface area is 175 Å². The Hall–Kier alpha value is -2.87. The molecule has 0 bridgehead atoms. The number of hydrogen-bond acceptors (Lipinski definition) is 4. The van der Waals surface area contributed by atoms with E-state index in [0.717, 1.165) is 17.7 Å². The smallest absolute Gasteiger partial charge is 0.191 e. The molecule has 0 saturated carbocycles. The van der Waals surface area contributed by atoms with Crippen molar-refractivity contribution in [3.05, 3.63) is 59.7 Å². The molecule has 1 aliphatic rings. The Morgan fingerprint density at radius 3 is 2.57 bits per heavy atom. The molecular formula is C22H28F2N4O2. The summed E-state index contributed by atoms with van der Waals surface area (Å²) < 4.78 is 33.2. The van der Waals surface area contributed by atoms with Gasteiger partial charge in [0.05, 0.1) is 19.8 Å². The molecule has 2 aromatic rings. The second kappa shape index (κ2) is 10.2. The zero-order chi connectivity index (χ0) is 21.5. The first-order valence-corrected chi connectivity index (χ1v) is 10.1. The fraction of sp³-hybridized carbons (Fsp3) is 0.409. The third kappa shape index (κ3) is 5.38. The average Bonchev–Trinajstić information content (AvgIpc) is 3.20. The van der Waals surface area contributed by atoms with Gasteiger partial charge in [0.1, 0.15) is 23.1 Å². The topological polar surface area (TPSA) is 69.1 Å². The quantitative estimate of drug-likeness (QED) is 0.477. The van der Waals surface area contributed by atoms with Gasteiger partial charge in [0.15, 0.2) is 5.96 Å². The Bertz CT molecular complexity index is 840. The molecule has 1 aliphatic heterocycles. The molecule has 8 heteroatoms. The second-order valence-electron chi connectivity index (χ2n) is 7.15. The van der Waals surface area contributed by atoms with E-state index in [-0.39, 0.29) is 18.3 Å². The van der Waals surface area contributed by atoms with Gasteiger partial charge in [0.2, 0.25) is 0 Å². The van der Waals surface area contributed by atoms with Gasteiger partial charge >= 0.3 is 0 Å². The molecule has 0 aliphatic carbocycles. The summed E-state index contributed by atoms with van der Waals surface area (Å²) in [5.41, 5.74) is 0.760. The zero-order valence-electron chi connectivity index (χ0n) is 17.2. The van der Waals surface area contributed by atoms with E-state index >= 15 is 0 Å². The van der Waals surface area contributed by atoms with Gasteiger partial charge in [-0.1, -0.05) is 18.2 Å². The summed E-state index contributed by atoms with van der Waals surface area (Å²) in [6, 6.07) is 11.1. The molecule has 30 heavy (non-hydrogen) atoms. The number of halogens is 2. The third-order valence-corrected chi connectivity index (χ3v) is 5.05. The van der Waals surface area contributed by atoms with Crippen LogP contribution in [0.25, 0.3) is 0 Å². The number of guanidine groups is 1. The summed E-state index contributed by atoms with van der Waals surface area (Å²) in [6.07, 6.45) is -0.0295. The van der Waals surface area contributed by atoms with Gasteiger partial charge in [-0.05, 0) is 43.2 Å². The van der Waals surface area contributed by atoms with Crippen molar-refractivity contribution in [2.45, 2.75) is 25.5 Å². The van der Waals surface area contributed by atoms with Gasteiger partial charge in [-0.15, -0.1) is 0 Å².